The minimum Gasteiger partial charge on any atom is -0.478 e. The Labute approximate surface area is 115 Å². The Morgan fingerprint density at radius 1 is 1.21 bits per heavy atom. The molecule has 2 aromatic rings. The van der Waals surface area contributed by atoms with Gasteiger partial charge < -0.3 is 5.11 Å². The summed E-state index contributed by atoms with van der Waals surface area (Å²) in [6.45, 7) is 1.98. The fourth-order valence-electron chi connectivity index (χ4n) is 1.64. The van der Waals surface area contributed by atoms with Gasteiger partial charge in [0, 0.05) is 9.79 Å². The summed E-state index contributed by atoms with van der Waals surface area (Å²) < 4.78 is 13.8. The van der Waals surface area contributed by atoms with E-state index in [1.165, 1.54) is 30.0 Å². The van der Waals surface area contributed by atoms with E-state index in [4.69, 9.17) is 5.11 Å². The first-order valence-electron chi connectivity index (χ1n) is 5.90. The van der Waals surface area contributed by atoms with Crippen molar-refractivity contribution in [2.45, 2.75) is 23.1 Å². The molecule has 0 atom stereocenters. The van der Waals surface area contributed by atoms with Gasteiger partial charge in [0.05, 0.1) is 5.56 Å². The summed E-state index contributed by atoms with van der Waals surface area (Å²) in [6, 6.07) is 11.6. The predicted octanol–water partition coefficient (Wildman–Crippen LogP) is 4.24. The molecule has 0 aliphatic carbocycles. The van der Waals surface area contributed by atoms with Gasteiger partial charge in [0.2, 0.25) is 0 Å². The maximum absolute atomic E-state index is 13.8. The molecule has 0 aliphatic rings. The molecule has 0 unspecified atom stereocenters. The fraction of sp³-hybridized carbons (Fsp3) is 0.133. The lowest BCUT2D eigenvalue weighted by Gasteiger charge is -2.05. The number of benzene rings is 2. The standard InChI is InChI=1S/C15H13FO2S/c1-2-10-3-8-14(13(16)9-10)19-12-6-4-11(5-7-12)15(17)18/h3-9H,2H2,1H3,(H,17,18). The molecule has 0 amide bonds. The average Bonchev–Trinajstić information content (AvgIpc) is 2.41. The fourth-order valence-corrected chi connectivity index (χ4v) is 2.46. The van der Waals surface area contributed by atoms with E-state index in [0.29, 0.717) is 4.90 Å². The zero-order valence-electron chi connectivity index (χ0n) is 10.4. The highest BCUT2D eigenvalue weighted by molar-refractivity contribution is 7.99. The van der Waals surface area contributed by atoms with Crippen molar-refractivity contribution in [3.05, 3.63) is 59.4 Å². The third kappa shape index (κ3) is 3.35. The normalized spacial score (nSPS) is 10.4. The van der Waals surface area contributed by atoms with Crippen LogP contribution in [0.2, 0.25) is 0 Å². The van der Waals surface area contributed by atoms with Crippen molar-refractivity contribution in [3.8, 4) is 0 Å². The van der Waals surface area contributed by atoms with Crippen molar-refractivity contribution >= 4 is 17.7 Å². The molecule has 4 heteroatoms. The highest BCUT2D eigenvalue weighted by atomic mass is 32.2. The van der Waals surface area contributed by atoms with Crippen LogP contribution in [0, 0.1) is 5.82 Å². The summed E-state index contributed by atoms with van der Waals surface area (Å²) in [5, 5.41) is 8.80. The lowest BCUT2D eigenvalue weighted by Crippen LogP contribution is -1.94. The minimum absolute atomic E-state index is 0.228. The molecule has 2 aromatic carbocycles. The van der Waals surface area contributed by atoms with Crippen molar-refractivity contribution in [3.63, 3.8) is 0 Å². The molecule has 0 saturated heterocycles. The SMILES string of the molecule is CCc1ccc(Sc2ccc(C(=O)O)cc2)c(F)c1. The van der Waals surface area contributed by atoms with E-state index < -0.39 is 5.97 Å². The average molecular weight is 276 g/mol. The Balaban J connectivity index is 2.19. The van der Waals surface area contributed by atoms with Gasteiger partial charge in [-0.25, -0.2) is 9.18 Å². The molecule has 0 saturated carbocycles. The molecular weight excluding hydrogens is 263 g/mol. The van der Waals surface area contributed by atoms with E-state index in [2.05, 4.69) is 0 Å². The molecule has 0 bridgehead atoms. The summed E-state index contributed by atoms with van der Waals surface area (Å²) >= 11 is 1.29. The molecule has 19 heavy (non-hydrogen) atoms. The van der Waals surface area contributed by atoms with Crippen LogP contribution in [0.15, 0.2) is 52.3 Å². The van der Waals surface area contributed by atoms with Crippen LogP contribution in [0.25, 0.3) is 0 Å². The molecule has 0 heterocycles. The van der Waals surface area contributed by atoms with Crippen LogP contribution in [0.4, 0.5) is 4.39 Å². The zero-order valence-corrected chi connectivity index (χ0v) is 11.2. The number of aryl methyl sites for hydroxylation is 1. The van der Waals surface area contributed by atoms with Crippen molar-refractivity contribution in [1.82, 2.24) is 0 Å². The van der Waals surface area contributed by atoms with Gasteiger partial charge in [0.15, 0.2) is 0 Å². The second-order valence-corrected chi connectivity index (χ2v) is 5.17. The van der Waals surface area contributed by atoms with E-state index in [-0.39, 0.29) is 11.4 Å². The molecular formula is C15H13FO2S. The van der Waals surface area contributed by atoms with Gasteiger partial charge in [-0.3, -0.25) is 0 Å². The lowest BCUT2D eigenvalue weighted by atomic mass is 10.2. The van der Waals surface area contributed by atoms with Gasteiger partial charge >= 0.3 is 5.97 Å². The summed E-state index contributed by atoms with van der Waals surface area (Å²) in [5.41, 5.74) is 1.19. The van der Waals surface area contributed by atoms with Crippen LogP contribution < -0.4 is 0 Å². The monoisotopic (exact) mass is 276 g/mol. The second kappa shape index (κ2) is 5.89. The topological polar surface area (TPSA) is 37.3 Å². The van der Waals surface area contributed by atoms with E-state index in [1.54, 1.807) is 18.2 Å². The number of aromatic carboxylic acids is 1. The maximum Gasteiger partial charge on any atom is 0.335 e. The van der Waals surface area contributed by atoms with Crippen LogP contribution in [-0.2, 0) is 6.42 Å². The summed E-state index contributed by atoms with van der Waals surface area (Å²) in [7, 11) is 0. The Kier molecular flexibility index (Phi) is 4.22. The van der Waals surface area contributed by atoms with Crippen LogP contribution >= 0.6 is 11.8 Å². The first-order chi connectivity index (χ1) is 9.10. The number of halogens is 1. The molecule has 0 aromatic heterocycles. The molecule has 0 aliphatic heterocycles. The summed E-state index contributed by atoms with van der Waals surface area (Å²) in [5.74, 6) is -1.21. The van der Waals surface area contributed by atoms with Gasteiger partial charge in [0.25, 0.3) is 0 Å². The first-order valence-corrected chi connectivity index (χ1v) is 6.71. The Morgan fingerprint density at radius 3 is 2.42 bits per heavy atom. The van der Waals surface area contributed by atoms with E-state index >= 15 is 0 Å². The van der Waals surface area contributed by atoms with Gasteiger partial charge in [-0.1, -0.05) is 24.8 Å². The third-order valence-electron chi connectivity index (χ3n) is 2.73. The van der Waals surface area contributed by atoms with Crippen LogP contribution in [0.5, 0.6) is 0 Å². The number of rotatable bonds is 4. The number of hydrogen-bond acceptors (Lipinski definition) is 2. The second-order valence-electron chi connectivity index (χ2n) is 4.05. The number of carboxylic acids is 1. The predicted molar refractivity (Wildman–Crippen MR) is 73.3 cm³/mol. The molecule has 0 radical (unpaired) electrons. The van der Waals surface area contributed by atoms with E-state index in [0.717, 1.165) is 16.9 Å². The van der Waals surface area contributed by atoms with Crippen molar-refractivity contribution in [1.29, 1.82) is 0 Å². The molecule has 0 fully saturated rings. The highest BCUT2D eigenvalue weighted by Crippen LogP contribution is 2.30. The Hall–Kier alpha value is -1.81. The van der Waals surface area contributed by atoms with Gasteiger partial charge in [0.1, 0.15) is 5.82 Å². The smallest absolute Gasteiger partial charge is 0.335 e. The van der Waals surface area contributed by atoms with Crippen molar-refractivity contribution < 1.29 is 14.3 Å². The zero-order chi connectivity index (χ0) is 13.8. The van der Waals surface area contributed by atoms with E-state index in [9.17, 15) is 9.18 Å². The highest BCUT2D eigenvalue weighted by Gasteiger charge is 2.06. The minimum atomic E-state index is -0.963. The maximum atomic E-state index is 13.8. The summed E-state index contributed by atoms with van der Waals surface area (Å²) in [4.78, 5) is 12.1. The number of carbonyl (C=O) groups is 1. The van der Waals surface area contributed by atoms with Gasteiger partial charge in [-0.2, -0.15) is 0 Å². The summed E-state index contributed by atoms with van der Waals surface area (Å²) in [6.07, 6.45) is 0.801. The molecule has 0 spiro atoms. The third-order valence-corrected chi connectivity index (χ3v) is 3.79. The van der Waals surface area contributed by atoms with Crippen LogP contribution in [0.3, 0.4) is 0 Å². The molecule has 2 nitrogen and oxygen atoms in total. The van der Waals surface area contributed by atoms with Crippen LogP contribution in [-0.4, -0.2) is 11.1 Å². The molecule has 2 rings (SSSR count). The quantitative estimate of drug-likeness (QED) is 0.907. The Bertz CT molecular complexity index is 594. The van der Waals surface area contributed by atoms with Gasteiger partial charge in [-0.15, -0.1) is 0 Å². The van der Waals surface area contributed by atoms with E-state index in [1.807, 2.05) is 13.0 Å². The molecule has 98 valence electrons. The Morgan fingerprint density at radius 2 is 1.89 bits per heavy atom. The number of hydrogen-bond donors (Lipinski definition) is 1. The van der Waals surface area contributed by atoms with Crippen LogP contribution in [0.1, 0.15) is 22.8 Å². The first kappa shape index (κ1) is 13.6. The molecule has 1 N–H and O–H groups in total. The van der Waals surface area contributed by atoms with Gasteiger partial charge in [-0.05, 0) is 48.4 Å². The lowest BCUT2D eigenvalue weighted by molar-refractivity contribution is 0.0697. The number of carboxylic acid groups (broad SMARTS) is 1. The largest absolute Gasteiger partial charge is 0.478 e. The van der Waals surface area contributed by atoms with Crippen molar-refractivity contribution in [2.75, 3.05) is 0 Å². The van der Waals surface area contributed by atoms with Crippen molar-refractivity contribution in [2.24, 2.45) is 0 Å².